The number of likely N-dealkylation sites (tertiary alicyclic amines) is 1. The molecule has 136 valence electrons. The fourth-order valence-corrected chi connectivity index (χ4v) is 3.13. The van der Waals surface area contributed by atoms with Crippen molar-refractivity contribution in [3.05, 3.63) is 54.0 Å². The lowest BCUT2D eigenvalue weighted by Crippen LogP contribution is -2.51. The Morgan fingerprint density at radius 1 is 1.31 bits per heavy atom. The minimum absolute atomic E-state index is 0.0309. The number of pyridine rings is 1. The van der Waals surface area contributed by atoms with Gasteiger partial charge in [0.05, 0.1) is 11.3 Å². The van der Waals surface area contributed by atoms with Crippen LogP contribution in [0.5, 0.6) is 0 Å². The Morgan fingerprint density at radius 2 is 2.12 bits per heavy atom. The number of piperidine rings is 1. The van der Waals surface area contributed by atoms with Crippen molar-refractivity contribution in [1.29, 1.82) is 0 Å². The summed E-state index contributed by atoms with van der Waals surface area (Å²) in [7, 11) is 0. The maximum Gasteiger partial charge on any atom is 0.407 e. The zero-order valence-corrected chi connectivity index (χ0v) is 14.4. The lowest BCUT2D eigenvalue weighted by Gasteiger charge is -2.35. The minimum atomic E-state index is -0.932. The summed E-state index contributed by atoms with van der Waals surface area (Å²) in [6, 6.07) is 9.36. The summed E-state index contributed by atoms with van der Waals surface area (Å²) in [5, 5.41) is 12.0. The molecule has 1 fully saturated rings. The van der Waals surface area contributed by atoms with Crippen LogP contribution >= 0.6 is 0 Å². The molecule has 1 saturated heterocycles. The first-order valence-electron chi connectivity index (χ1n) is 8.45. The van der Waals surface area contributed by atoms with Gasteiger partial charge in [-0.2, -0.15) is 0 Å². The molecule has 0 spiro atoms. The molecule has 6 nitrogen and oxygen atoms in total. The van der Waals surface area contributed by atoms with Crippen molar-refractivity contribution in [3.8, 4) is 11.3 Å². The number of aromatic nitrogens is 1. The number of halogens is 1. The van der Waals surface area contributed by atoms with Crippen molar-refractivity contribution in [2.45, 2.75) is 19.4 Å². The summed E-state index contributed by atoms with van der Waals surface area (Å²) < 4.78 is 13.3. The molecule has 0 bridgehead atoms. The smallest absolute Gasteiger partial charge is 0.407 e. The molecule has 2 atom stereocenters. The van der Waals surface area contributed by atoms with Crippen molar-refractivity contribution in [3.63, 3.8) is 0 Å². The Morgan fingerprint density at radius 3 is 2.73 bits per heavy atom. The van der Waals surface area contributed by atoms with E-state index in [0.717, 1.165) is 0 Å². The molecule has 2 heterocycles. The predicted octanol–water partition coefficient (Wildman–Crippen LogP) is 3.01. The molecule has 1 aliphatic heterocycles. The monoisotopic (exact) mass is 357 g/mol. The van der Waals surface area contributed by atoms with E-state index in [4.69, 9.17) is 5.11 Å². The quantitative estimate of drug-likeness (QED) is 0.885. The summed E-state index contributed by atoms with van der Waals surface area (Å²) >= 11 is 0. The molecule has 2 aromatic rings. The summed E-state index contributed by atoms with van der Waals surface area (Å²) in [5.41, 5.74) is 1.65. The molecule has 2 amide bonds. The van der Waals surface area contributed by atoms with E-state index < -0.39 is 6.09 Å². The molecule has 0 unspecified atom stereocenters. The zero-order valence-electron chi connectivity index (χ0n) is 14.4. The van der Waals surface area contributed by atoms with Gasteiger partial charge in [0, 0.05) is 30.9 Å². The molecular weight excluding hydrogens is 337 g/mol. The lowest BCUT2D eigenvalue weighted by molar-refractivity contribution is 0.0853. The third-order valence-corrected chi connectivity index (χ3v) is 4.64. The van der Waals surface area contributed by atoms with Crippen molar-refractivity contribution in [1.82, 2.24) is 15.2 Å². The highest BCUT2D eigenvalue weighted by atomic mass is 19.1. The predicted molar refractivity (Wildman–Crippen MR) is 94.3 cm³/mol. The first kappa shape index (κ1) is 17.8. The highest BCUT2D eigenvalue weighted by molar-refractivity contribution is 5.94. The second kappa shape index (κ2) is 7.51. The van der Waals surface area contributed by atoms with E-state index in [9.17, 15) is 14.0 Å². The van der Waals surface area contributed by atoms with Gasteiger partial charge in [-0.05, 0) is 36.6 Å². The molecule has 0 saturated carbocycles. The Kier molecular flexibility index (Phi) is 5.16. The van der Waals surface area contributed by atoms with Gasteiger partial charge in [-0.25, -0.2) is 9.18 Å². The summed E-state index contributed by atoms with van der Waals surface area (Å²) in [5.74, 6) is -0.556. The Hall–Kier alpha value is -2.96. The average molecular weight is 357 g/mol. The Bertz CT molecular complexity index is 810. The van der Waals surface area contributed by atoms with Gasteiger partial charge in [-0.1, -0.05) is 19.1 Å². The SMILES string of the molecule is C[C@@H]1CN(C(=O)O)CC[C@@H]1NC(=O)c1ccc(-c2cccc(F)c2)nc1. The van der Waals surface area contributed by atoms with E-state index in [0.29, 0.717) is 36.3 Å². The number of hydrogen-bond donors (Lipinski definition) is 2. The van der Waals surface area contributed by atoms with Crippen molar-refractivity contribution >= 4 is 12.0 Å². The van der Waals surface area contributed by atoms with Crippen molar-refractivity contribution < 1.29 is 19.1 Å². The van der Waals surface area contributed by atoms with E-state index in [1.54, 1.807) is 24.3 Å². The molecule has 2 N–H and O–H groups in total. The van der Waals surface area contributed by atoms with Crippen molar-refractivity contribution in [2.75, 3.05) is 13.1 Å². The van der Waals surface area contributed by atoms with E-state index in [2.05, 4.69) is 10.3 Å². The number of nitrogens with zero attached hydrogens (tertiary/aromatic N) is 2. The van der Waals surface area contributed by atoms with Gasteiger partial charge in [0.25, 0.3) is 5.91 Å². The van der Waals surface area contributed by atoms with Crippen LogP contribution in [0.15, 0.2) is 42.6 Å². The fraction of sp³-hybridized carbons (Fsp3) is 0.316. The van der Waals surface area contributed by atoms with E-state index >= 15 is 0 Å². The van der Waals surface area contributed by atoms with Crippen LogP contribution in [0.1, 0.15) is 23.7 Å². The number of amides is 2. The van der Waals surface area contributed by atoms with Crippen LogP contribution in [0.3, 0.4) is 0 Å². The Balaban J connectivity index is 1.64. The van der Waals surface area contributed by atoms with Crippen LogP contribution in [0.2, 0.25) is 0 Å². The van der Waals surface area contributed by atoms with Gasteiger partial charge in [0.2, 0.25) is 0 Å². The van der Waals surface area contributed by atoms with Crippen LogP contribution in [0.25, 0.3) is 11.3 Å². The molecule has 1 aromatic carbocycles. The largest absolute Gasteiger partial charge is 0.465 e. The highest BCUT2D eigenvalue weighted by Gasteiger charge is 2.29. The summed E-state index contributed by atoms with van der Waals surface area (Å²) in [6.45, 7) is 2.73. The molecule has 7 heteroatoms. The fourth-order valence-electron chi connectivity index (χ4n) is 3.13. The highest BCUT2D eigenvalue weighted by Crippen LogP contribution is 2.19. The van der Waals surface area contributed by atoms with Crippen LogP contribution in [-0.2, 0) is 0 Å². The lowest BCUT2D eigenvalue weighted by atomic mass is 9.94. The second-order valence-electron chi connectivity index (χ2n) is 6.52. The third kappa shape index (κ3) is 3.99. The topological polar surface area (TPSA) is 82.5 Å². The number of hydrogen-bond acceptors (Lipinski definition) is 3. The standard InChI is InChI=1S/C19H20FN3O3/c1-12-11-23(19(25)26)8-7-16(12)22-18(24)14-5-6-17(21-10-14)13-3-2-4-15(20)9-13/h2-6,9-10,12,16H,7-8,11H2,1H3,(H,22,24)(H,25,26)/t12-,16+/m1/s1. The van der Waals surface area contributed by atoms with Crippen LogP contribution in [0.4, 0.5) is 9.18 Å². The minimum Gasteiger partial charge on any atom is -0.465 e. The maximum atomic E-state index is 13.3. The van der Waals surface area contributed by atoms with Gasteiger partial charge < -0.3 is 15.3 Å². The molecule has 1 aliphatic rings. The summed E-state index contributed by atoms with van der Waals surface area (Å²) in [4.78, 5) is 29.1. The first-order chi connectivity index (χ1) is 12.4. The van der Waals surface area contributed by atoms with Gasteiger partial charge in [0.1, 0.15) is 5.82 Å². The second-order valence-corrected chi connectivity index (χ2v) is 6.52. The number of nitrogens with one attached hydrogen (secondary N) is 1. The number of rotatable bonds is 3. The molecule has 26 heavy (non-hydrogen) atoms. The Labute approximate surface area is 150 Å². The third-order valence-electron chi connectivity index (χ3n) is 4.64. The zero-order chi connectivity index (χ0) is 18.7. The van der Waals surface area contributed by atoms with E-state index in [1.807, 2.05) is 6.92 Å². The number of carbonyl (C=O) groups excluding carboxylic acids is 1. The van der Waals surface area contributed by atoms with Crippen LogP contribution in [0, 0.1) is 11.7 Å². The van der Waals surface area contributed by atoms with Crippen molar-refractivity contribution in [2.24, 2.45) is 5.92 Å². The van der Waals surface area contributed by atoms with Gasteiger partial charge in [0.15, 0.2) is 0 Å². The van der Waals surface area contributed by atoms with E-state index in [1.165, 1.54) is 23.2 Å². The number of carbonyl (C=O) groups is 2. The molecule has 3 rings (SSSR count). The first-order valence-corrected chi connectivity index (χ1v) is 8.45. The van der Waals surface area contributed by atoms with Crippen LogP contribution in [-0.4, -0.2) is 46.1 Å². The van der Waals surface area contributed by atoms with Crippen LogP contribution < -0.4 is 5.32 Å². The van der Waals surface area contributed by atoms with Gasteiger partial charge in [-0.15, -0.1) is 0 Å². The van der Waals surface area contributed by atoms with Gasteiger partial charge >= 0.3 is 6.09 Å². The molecule has 1 aromatic heterocycles. The number of carboxylic acid groups (broad SMARTS) is 1. The normalized spacial score (nSPS) is 19.8. The molecule has 0 aliphatic carbocycles. The maximum absolute atomic E-state index is 13.3. The number of benzene rings is 1. The summed E-state index contributed by atoms with van der Waals surface area (Å²) in [6.07, 6.45) is 1.11. The average Bonchev–Trinajstić information content (AvgIpc) is 2.63. The van der Waals surface area contributed by atoms with Gasteiger partial charge in [-0.3, -0.25) is 9.78 Å². The van der Waals surface area contributed by atoms with E-state index in [-0.39, 0.29) is 23.7 Å². The molecular formula is C19H20FN3O3. The molecule has 0 radical (unpaired) electrons.